The third-order valence-corrected chi connectivity index (χ3v) is 5.65. The highest BCUT2D eigenvalue weighted by atomic mass is 16.6. The Morgan fingerprint density at radius 3 is 2.47 bits per heavy atom. The number of rotatable bonds is 7. The molecule has 1 aromatic heterocycles. The normalized spacial score (nSPS) is 18.3. The van der Waals surface area contributed by atoms with E-state index < -0.39 is 22.9 Å². The summed E-state index contributed by atoms with van der Waals surface area (Å²) in [6.07, 6.45) is 1.02. The van der Waals surface area contributed by atoms with E-state index in [1.54, 1.807) is 36.1 Å². The van der Waals surface area contributed by atoms with Crippen LogP contribution in [-0.4, -0.2) is 47.5 Å². The van der Waals surface area contributed by atoms with Crippen molar-refractivity contribution >= 4 is 29.4 Å². The lowest BCUT2D eigenvalue weighted by atomic mass is 9.97. The largest absolute Gasteiger partial charge is 0.466 e. The number of nitrogens with one attached hydrogen (secondary N) is 2. The number of anilines is 1. The molecule has 12 nitrogen and oxygen atoms in total. The highest BCUT2D eigenvalue weighted by Crippen LogP contribution is 2.33. The fourth-order valence-corrected chi connectivity index (χ4v) is 3.94. The van der Waals surface area contributed by atoms with Gasteiger partial charge in [0.25, 0.3) is 5.91 Å². The van der Waals surface area contributed by atoms with E-state index in [-0.39, 0.29) is 29.3 Å². The minimum absolute atomic E-state index is 0.153. The molecule has 0 bridgehead atoms. The van der Waals surface area contributed by atoms with Crippen molar-refractivity contribution in [3.8, 4) is 11.6 Å². The number of imide groups is 1. The number of aromatic nitrogens is 1. The van der Waals surface area contributed by atoms with Crippen LogP contribution in [0.2, 0.25) is 0 Å². The highest BCUT2D eigenvalue weighted by Gasteiger charge is 2.32. The third kappa shape index (κ3) is 4.90. The van der Waals surface area contributed by atoms with Crippen LogP contribution in [0.1, 0.15) is 31.4 Å². The second kappa shape index (κ2) is 9.73. The summed E-state index contributed by atoms with van der Waals surface area (Å²) in [5.74, 6) is -0.187. The van der Waals surface area contributed by atoms with Gasteiger partial charge < -0.3 is 19.7 Å². The van der Waals surface area contributed by atoms with Gasteiger partial charge in [0.15, 0.2) is 0 Å². The number of nitro groups is 1. The summed E-state index contributed by atoms with van der Waals surface area (Å²) in [4.78, 5) is 52.3. The molecule has 4 rings (SSSR count). The van der Waals surface area contributed by atoms with Gasteiger partial charge in [-0.15, -0.1) is 0 Å². The molecule has 2 fully saturated rings. The molecule has 2 aliphatic heterocycles. The molecular formula is C22H23N5O7. The molecule has 1 unspecified atom stereocenters. The molecule has 2 aromatic rings. The monoisotopic (exact) mass is 469 g/mol. The van der Waals surface area contributed by atoms with E-state index in [1.165, 1.54) is 12.1 Å². The average molecular weight is 469 g/mol. The second-order valence-electron chi connectivity index (χ2n) is 7.83. The van der Waals surface area contributed by atoms with Crippen molar-refractivity contribution in [1.82, 2.24) is 15.6 Å². The zero-order chi connectivity index (χ0) is 24.2. The van der Waals surface area contributed by atoms with Gasteiger partial charge in [-0.25, -0.2) is 4.79 Å². The van der Waals surface area contributed by atoms with Crippen LogP contribution in [-0.2, 0) is 14.3 Å². The first-order valence-electron chi connectivity index (χ1n) is 10.8. The predicted molar refractivity (Wildman–Crippen MR) is 118 cm³/mol. The first-order valence-corrected chi connectivity index (χ1v) is 10.8. The van der Waals surface area contributed by atoms with Crippen LogP contribution in [0.3, 0.4) is 0 Å². The minimum atomic E-state index is -0.775. The molecule has 0 aliphatic carbocycles. The van der Waals surface area contributed by atoms with Crippen LogP contribution >= 0.6 is 0 Å². The van der Waals surface area contributed by atoms with Gasteiger partial charge in [-0.05, 0) is 37.5 Å². The van der Waals surface area contributed by atoms with E-state index in [1.807, 2.05) is 0 Å². The van der Waals surface area contributed by atoms with Crippen LogP contribution in [0.25, 0.3) is 0 Å². The second-order valence-corrected chi connectivity index (χ2v) is 7.83. The summed E-state index contributed by atoms with van der Waals surface area (Å²) in [5, 5.41) is 16.3. The molecule has 12 heteroatoms. The Labute approximate surface area is 194 Å². The van der Waals surface area contributed by atoms with E-state index in [0.717, 1.165) is 0 Å². The van der Waals surface area contributed by atoms with Crippen molar-refractivity contribution in [2.45, 2.75) is 25.8 Å². The number of pyridine rings is 1. The number of benzene rings is 1. The zero-order valence-electron chi connectivity index (χ0n) is 18.4. The van der Waals surface area contributed by atoms with E-state index in [2.05, 4.69) is 15.6 Å². The lowest BCUT2D eigenvalue weighted by Gasteiger charge is -2.31. The molecule has 1 atom stereocenters. The number of ether oxygens (including phenoxy) is 2. The molecular weight excluding hydrogens is 446 g/mol. The molecule has 0 radical (unpaired) electrons. The number of carbonyl (C=O) groups excluding carboxylic acids is 3. The van der Waals surface area contributed by atoms with Crippen LogP contribution in [0.4, 0.5) is 16.3 Å². The van der Waals surface area contributed by atoms with Crippen LogP contribution < -0.4 is 20.3 Å². The Bertz CT molecular complexity index is 1110. The number of piperidine rings is 1. The van der Waals surface area contributed by atoms with E-state index in [4.69, 9.17) is 9.47 Å². The first-order chi connectivity index (χ1) is 16.4. The van der Waals surface area contributed by atoms with E-state index >= 15 is 0 Å². The van der Waals surface area contributed by atoms with Gasteiger partial charge in [-0.1, -0.05) is 12.1 Å². The van der Waals surface area contributed by atoms with Crippen molar-refractivity contribution in [3.63, 3.8) is 0 Å². The summed E-state index contributed by atoms with van der Waals surface area (Å²) in [5.41, 5.74) is 0.429. The molecule has 2 saturated heterocycles. The van der Waals surface area contributed by atoms with Gasteiger partial charge in [0.1, 0.15) is 11.8 Å². The lowest BCUT2D eigenvalue weighted by Crippen LogP contribution is -2.37. The number of carbonyl (C=O) groups is 3. The van der Waals surface area contributed by atoms with Crippen molar-refractivity contribution in [3.05, 3.63) is 52.1 Å². The van der Waals surface area contributed by atoms with Gasteiger partial charge in [-0.2, -0.15) is 4.98 Å². The van der Waals surface area contributed by atoms with Crippen molar-refractivity contribution in [1.29, 1.82) is 0 Å². The highest BCUT2D eigenvalue weighted by molar-refractivity contribution is 6.04. The van der Waals surface area contributed by atoms with Crippen LogP contribution in [0, 0.1) is 16.0 Å². The standard InChI is InChI=1S/C22H23N5O7/c1-2-33-21(29)14-9-11-26(12-10-14)19-16(27(31)32)7-8-17(23-19)34-15-5-3-13(4-6-15)18-20(28)25-22(30)24-18/h3-8,14,18H,2,9-12H2,1H3,(H2,24,25,28,30). The maximum atomic E-state index is 12.0. The number of nitrogens with zero attached hydrogens (tertiary/aromatic N) is 3. The summed E-state index contributed by atoms with van der Waals surface area (Å²) in [6.45, 7) is 2.91. The first kappa shape index (κ1) is 23.0. The quantitative estimate of drug-likeness (QED) is 0.269. The number of hydrogen-bond acceptors (Lipinski definition) is 9. The van der Waals surface area contributed by atoms with Gasteiger partial charge in [0.2, 0.25) is 11.7 Å². The molecule has 2 N–H and O–H groups in total. The summed E-state index contributed by atoms with van der Waals surface area (Å²) in [6, 6.07) is 7.91. The Kier molecular flexibility index (Phi) is 6.57. The SMILES string of the molecule is CCOC(=O)C1CCN(c2nc(Oc3ccc(C4NC(=O)NC4=O)cc3)ccc2[N+](=O)[O-])CC1. The fraction of sp³-hybridized carbons (Fsp3) is 0.364. The predicted octanol–water partition coefficient (Wildman–Crippen LogP) is 2.44. The molecule has 3 heterocycles. The van der Waals surface area contributed by atoms with Gasteiger partial charge in [-0.3, -0.25) is 25.0 Å². The van der Waals surface area contributed by atoms with E-state index in [0.29, 0.717) is 43.9 Å². The fourth-order valence-electron chi connectivity index (χ4n) is 3.94. The average Bonchev–Trinajstić information content (AvgIpc) is 3.17. The number of hydrogen-bond donors (Lipinski definition) is 2. The zero-order valence-corrected chi connectivity index (χ0v) is 18.4. The van der Waals surface area contributed by atoms with Crippen LogP contribution in [0.5, 0.6) is 11.6 Å². The Balaban J connectivity index is 1.48. The van der Waals surface area contributed by atoms with E-state index in [9.17, 15) is 24.5 Å². The van der Waals surface area contributed by atoms with Gasteiger partial charge >= 0.3 is 17.7 Å². The van der Waals surface area contributed by atoms with Crippen LogP contribution in [0.15, 0.2) is 36.4 Å². The molecule has 0 saturated carbocycles. The lowest BCUT2D eigenvalue weighted by molar-refractivity contribution is -0.384. The number of esters is 1. The Hall–Kier alpha value is -4.22. The number of amides is 3. The summed E-state index contributed by atoms with van der Waals surface area (Å²) >= 11 is 0. The molecule has 3 amide bonds. The number of urea groups is 1. The van der Waals surface area contributed by atoms with Gasteiger partial charge in [0, 0.05) is 25.2 Å². The smallest absolute Gasteiger partial charge is 0.322 e. The maximum absolute atomic E-state index is 12.0. The molecule has 34 heavy (non-hydrogen) atoms. The van der Waals surface area contributed by atoms with Crippen molar-refractivity contribution in [2.75, 3.05) is 24.6 Å². The van der Waals surface area contributed by atoms with Gasteiger partial charge in [0.05, 0.1) is 17.4 Å². The molecule has 1 aromatic carbocycles. The summed E-state index contributed by atoms with van der Waals surface area (Å²) in [7, 11) is 0. The molecule has 0 spiro atoms. The Morgan fingerprint density at radius 1 is 1.18 bits per heavy atom. The molecule has 2 aliphatic rings. The minimum Gasteiger partial charge on any atom is -0.466 e. The third-order valence-electron chi connectivity index (χ3n) is 5.65. The Morgan fingerprint density at radius 2 is 1.88 bits per heavy atom. The topological polar surface area (TPSA) is 153 Å². The van der Waals surface area contributed by atoms with Crippen molar-refractivity contribution in [2.24, 2.45) is 5.92 Å². The molecule has 178 valence electrons. The van der Waals surface area contributed by atoms with Crippen molar-refractivity contribution < 1.29 is 28.8 Å². The summed E-state index contributed by atoms with van der Waals surface area (Å²) < 4.78 is 10.9. The maximum Gasteiger partial charge on any atom is 0.322 e.